The van der Waals surface area contributed by atoms with Crippen LogP contribution in [0.15, 0.2) is 23.1 Å². The number of aryl methyl sites for hydroxylation is 1. The third-order valence-electron chi connectivity index (χ3n) is 4.14. The van der Waals surface area contributed by atoms with Gasteiger partial charge >= 0.3 is 0 Å². The molecule has 21 heavy (non-hydrogen) atoms. The minimum absolute atomic E-state index is 0.342. The molecule has 1 aromatic rings. The third-order valence-corrected chi connectivity index (χ3v) is 5.77. The Hall–Kier alpha value is -0.910. The Kier molecular flexibility index (Phi) is 6.38. The van der Waals surface area contributed by atoms with Crippen molar-refractivity contribution in [1.29, 1.82) is 0 Å². The highest BCUT2D eigenvalue weighted by molar-refractivity contribution is 7.89. The summed E-state index contributed by atoms with van der Waals surface area (Å²) < 4.78 is 28.0. The van der Waals surface area contributed by atoms with Gasteiger partial charge in [0, 0.05) is 12.1 Å². The maximum absolute atomic E-state index is 12.6. The summed E-state index contributed by atoms with van der Waals surface area (Å²) in [4.78, 5) is 0.342. The molecule has 5 heteroatoms. The van der Waals surface area contributed by atoms with Gasteiger partial charge < -0.3 is 5.32 Å². The van der Waals surface area contributed by atoms with Crippen LogP contribution in [0.5, 0.6) is 0 Å². The minimum atomic E-state index is -3.48. The van der Waals surface area contributed by atoms with Crippen LogP contribution >= 0.6 is 0 Å². The van der Waals surface area contributed by atoms with E-state index in [4.69, 9.17) is 0 Å². The summed E-state index contributed by atoms with van der Waals surface area (Å²) >= 11 is 0. The molecule has 4 nitrogen and oxygen atoms in total. The topological polar surface area (TPSA) is 58.2 Å². The Labute approximate surface area is 129 Å². The molecule has 0 bridgehead atoms. The molecule has 0 aromatic heterocycles. The number of hydrogen-bond donors (Lipinski definition) is 2. The molecular weight excluding hydrogens is 284 g/mol. The summed E-state index contributed by atoms with van der Waals surface area (Å²) in [5, 5.41) is 3.24. The number of nitrogens with one attached hydrogen (secondary N) is 2. The Morgan fingerprint density at radius 1 is 1.14 bits per heavy atom. The first-order valence-electron chi connectivity index (χ1n) is 7.62. The Balaban J connectivity index is 3.08. The highest BCUT2D eigenvalue weighted by Gasteiger charge is 2.27. The summed E-state index contributed by atoms with van der Waals surface area (Å²) in [6.07, 6.45) is 1.53. The molecule has 0 heterocycles. The fourth-order valence-electron chi connectivity index (χ4n) is 2.04. The molecule has 0 aliphatic heterocycles. The van der Waals surface area contributed by atoms with E-state index in [1.807, 2.05) is 40.7 Å². The van der Waals surface area contributed by atoms with Crippen molar-refractivity contribution in [2.45, 2.75) is 64.4 Å². The lowest BCUT2D eigenvalue weighted by atomic mass is 9.98. The first-order valence-corrected chi connectivity index (χ1v) is 9.10. The Morgan fingerprint density at radius 3 is 2.29 bits per heavy atom. The molecule has 0 fully saturated rings. The summed E-state index contributed by atoms with van der Waals surface area (Å²) in [7, 11) is -3.48. The zero-order valence-corrected chi connectivity index (χ0v) is 14.6. The van der Waals surface area contributed by atoms with E-state index in [2.05, 4.69) is 10.0 Å². The van der Waals surface area contributed by atoms with Gasteiger partial charge in [-0.2, -0.15) is 0 Å². The number of hydrogen-bond acceptors (Lipinski definition) is 3. The molecule has 0 spiro atoms. The van der Waals surface area contributed by atoms with E-state index in [1.165, 1.54) is 0 Å². The van der Waals surface area contributed by atoms with Gasteiger partial charge in [-0.15, -0.1) is 0 Å². The Morgan fingerprint density at radius 2 is 1.76 bits per heavy atom. The van der Waals surface area contributed by atoms with Crippen LogP contribution in [0.4, 0.5) is 0 Å². The molecule has 1 aromatic carbocycles. The molecule has 0 amide bonds. The molecule has 1 rings (SSSR count). The van der Waals surface area contributed by atoms with Gasteiger partial charge in [0.05, 0.1) is 4.90 Å². The maximum Gasteiger partial charge on any atom is 0.241 e. The average Bonchev–Trinajstić information content (AvgIpc) is 2.45. The van der Waals surface area contributed by atoms with E-state index in [0.29, 0.717) is 11.4 Å². The fourth-order valence-corrected chi connectivity index (χ4v) is 3.64. The third kappa shape index (κ3) is 4.80. The van der Waals surface area contributed by atoms with Crippen LogP contribution in [0.3, 0.4) is 0 Å². The number of sulfonamides is 1. The zero-order chi connectivity index (χ0) is 16.1. The maximum atomic E-state index is 12.6. The molecule has 0 aliphatic rings. The van der Waals surface area contributed by atoms with E-state index in [1.54, 1.807) is 12.1 Å². The number of rotatable bonds is 8. The van der Waals surface area contributed by atoms with E-state index in [0.717, 1.165) is 30.5 Å². The lowest BCUT2D eigenvalue weighted by molar-refractivity contribution is 0.388. The second kappa shape index (κ2) is 7.38. The largest absolute Gasteiger partial charge is 0.313 e. The molecule has 0 unspecified atom stereocenters. The van der Waals surface area contributed by atoms with E-state index in [9.17, 15) is 8.42 Å². The molecule has 0 radical (unpaired) electrons. The second-order valence-corrected chi connectivity index (χ2v) is 7.42. The van der Waals surface area contributed by atoms with Crippen LogP contribution < -0.4 is 10.0 Å². The van der Waals surface area contributed by atoms with Crippen molar-refractivity contribution in [1.82, 2.24) is 10.0 Å². The smallest absolute Gasteiger partial charge is 0.241 e. The van der Waals surface area contributed by atoms with Crippen LogP contribution in [0.2, 0.25) is 0 Å². The van der Waals surface area contributed by atoms with Crippen LogP contribution in [0.1, 0.15) is 51.7 Å². The summed E-state index contributed by atoms with van der Waals surface area (Å²) in [5.41, 5.74) is 1.73. The first-order chi connectivity index (χ1) is 9.78. The molecule has 0 saturated heterocycles. The van der Waals surface area contributed by atoms with Crippen LogP contribution in [0, 0.1) is 6.92 Å². The highest BCUT2D eigenvalue weighted by atomic mass is 32.2. The molecule has 2 N–H and O–H groups in total. The summed E-state index contributed by atoms with van der Waals surface area (Å²) in [6, 6.07) is 5.32. The highest BCUT2D eigenvalue weighted by Crippen LogP contribution is 2.21. The van der Waals surface area contributed by atoms with Gasteiger partial charge in [0.15, 0.2) is 0 Å². The zero-order valence-electron chi connectivity index (χ0n) is 13.8. The monoisotopic (exact) mass is 312 g/mol. The van der Waals surface area contributed by atoms with Crippen LogP contribution in [-0.4, -0.2) is 20.5 Å². The molecular formula is C16H28N2O2S. The minimum Gasteiger partial charge on any atom is -0.313 e. The van der Waals surface area contributed by atoms with Crippen molar-refractivity contribution < 1.29 is 8.42 Å². The van der Waals surface area contributed by atoms with Gasteiger partial charge in [0.1, 0.15) is 0 Å². The van der Waals surface area contributed by atoms with Gasteiger partial charge in [0.25, 0.3) is 0 Å². The Bertz CT molecular complexity index is 564. The van der Waals surface area contributed by atoms with Gasteiger partial charge in [-0.05, 0) is 56.5 Å². The molecule has 0 atom stereocenters. The van der Waals surface area contributed by atoms with Crippen molar-refractivity contribution in [2.75, 3.05) is 6.54 Å². The summed E-state index contributed by atoms with van der Waals surface area (Å²) in [6.45, 7) is 11.5. The van der Waals surface area contributed by atoms with E-state index in [-0.39, 0.29) is 0 Å². The van der Waals surface area contributed by atoms with Crippen molar-refractivity contribution in [2.24, 2.45) is 0 Å². The van der Waals surface area contributed by atoms with Crippen molar-refractivity contribution in [3.05, 3.63) is 29.3 Å². The van der Waals surface area contributed by atoms with Crippen molar-refractivity contribution in [3.63, 3.8) is 0 Å². The normalized spacial score (nSPS) is 12.6. The molecule has 0 saturated carbocycles. The van der Waals surface area contributed by atoms with Crippen molar-refractivity contribution in [3.8, 4) is 0 Å². The number of benzene rings is 1. The predicted octanol–water partition coefficient (Wildman–Crippen LogP) is 2.96. The fraction of sp³-hybridized carbons (Fsp3) is 0.625. The second-order valence-electron chi connectivity index (χ2n) is 5.74. The quantitative estimate of drug-likeness (QED) is 0.776. The van der Waals surface area contributed by atoms with Gasteiger partial charge in [-0.1, -0.05) is 26.8 Å². The SMILES string of the molecule is CCNCc1cc(S(=O)(=O)NC(C)(CC)CC)ccc1C. The lowest BCUT2D eigenvalue weighted by Crippen LogP contribution is -2.44. The molecule has 0 aliphatic carbocycles. The predicted molar refractivity (Wildman–Crippen MR) is 87.9 cm³/mol. The first kappa shape index (κ1) is 18.1. The van der Waals surface area contributed by atoms with Crippen molar-refractivity contribution >= 4 is 10.0 Å². The van der Waals surface area contributed by atoms with Crippen LogP contribution in [-0.2, 0) is 16.6 Å². The van der Waals surface area contributed by atoms with Gasteiger partial charge in [0.2, 0.25) is 10.0 Å². The van der Waals surface area contributed by atoms with Gasteiger partial charge in [-0.3, -0.25) is 0 Å². The van der Waals surface area contributed by atoms with E-state index >= 15 is 0 Å². The molecule has 120 valence electrons. The van der Waals surface area contributed by atoms with Gasteiger partial charge in [-0.25, -0.2) is 13.1 Å². The van der Waals surface area contributed by atoms with E-state index < -0.39 is 15.6 Å². The van der Waals surface area contributed by atoms with Crippen LogP contribution in [0.25, 0.3) is 0 Å². The standard InChI is InChI=1S/C16H28N2O2S/c1-6-16(5,7-2)18-21(19,20)15-10-9-13(4)14(11-15)12-17-8-3/h9-11,17-18H,6-8,12H2,1-5H3. The average molecular weight is 312 g/mol. The summed E-state index contributed by atoms with van der Waals surface area (Å²) in [5.74, 6) is 0. The lowest BCUT2D eigenvalue weighted by Gasteiger charge is -2.28.